The van der Waals surface area contributed by atoms with Crippen LogP contribution in [0.25, 0.3) is 0 Å². The lowest BCUT2D eigenvalue weighted by Crippen LogP contribution is -2.27. The van der Waals surface area contributed by atoms with E-state index in [1.165, 1.54) is 24.3 Å². The van der Waals surface area contributed by atoms with Crippen molar-refractivity contribution in [3.05, 3.63) is 83.9 Å². The molecule has 0 aliphatic rings. The molecule has 3 aromatic rings. The molecular formula is C29H30O8. The number of methoxy groups -OCH3 is 1. The fourth-order valence-electron chi connectivity index (χ4n) is 2.96. The van der Waals surface area contributed by atoms with Crippen LogP contribution >= 0.6 is 0 Å². The van der Waals surface area contributed by atoms with Crippen molar-refractivity contribution in [2.45, 2.75) is 27.2 Å². The first kappa shape index (κ1) is 27.3. The second-order valence-electron chi connectivity index (χ2n) is 8.73. The van der Waals surface area contributed by atoms with E-state index < -0.39 is 17.4 Å². The molecule has 0 saturated carbocycles. The van der Waals surface area contributed by atoms with Gasteiger partial charge in [-0.15, -0.1) is 0 Å². The topological polar surface area (TPSA) is 97.4 Å². The number of rotatable bonds is 11. The quantitative estimate of drug-likeness (QED) is 0.191. The number of hydrogen-bond acceptors (Lipinski definition) is 8. The number of benzene rings is 3. The molecule has 194 valence electrons. The maximum Gasteiger partial charge on any atom is 0.343 e. The fraction of sp³-hybridized carbons (Fsp3) is 0.276. The number of ether oxygens (including phenoxy) is 5. The molecule has 0 heterocycles. The average molecular weight is 507 g/mol. The van der Waals surface area contributed by atoms with E-state index in [4.69, 9.17) is 23.7 Å². The zero-order chi connectivity index (χ0) is 26.8. The summed E-state index contributed by atoms with van der Waals surface area (Å²) < 4.78 is 26.6. The van der Waals surface area contributed by atoms with Gasteiger partial charge in [0.05, 0.1) is 23.7 Å². The molecule has 0 amide bonds. The molecule has 3 aromatic carbocycles. The predicted molar refractivity (Wildman–Crippen MR) is 136 cm³/mol. The smallest absolute Gasteiger partial charge is 0.343 e. The highest BCUT2D eigenvalue weighted by Gasteiger charge is 2.26. The maximum atomic E-state index is 12.5. The molecule has 0 aliphatic carbocycles. The molecule has 0 bridgehead atoms. The number of carbonyl (C=O) groups is 3. The molecule has 0 fully saturated rings. The highest BCUT2D eigenvalue weighted by molar-refractivity contribution is 5.92. The van der Waals surface area contributed by atoms with Crippen LogP contribution in [-0.4, -0.2) is 38.2 Å². The Kier molecular flexibility index (Phi) is 9.27. The van der Waals surface area contributed by atoms with Crippen LogP contribution in [-0.2, 0) is 9.53 Å². The molecular weight excluding hydrogens is 476 g/mol. The van der Waals surface area contributed by atoms with Gasteiger partial charge in [-0.3, -0.25) is 4.79 Å². The lowest BCUT2D eigenvalue weighted by molar-refractivity contribution is -0.154. The number of esters is 3. The third-order valence-electron chi connectivity index (χ3n) is 5.68. The van der Waals surface area contributed by atoms with Gasteiger partial charge in [0.15, 0.2) is 0 Å². The number of hydrogen-bond donors (Lipinski definition) is 0. The average Bonchev–Trinajstić information content (AvgIpc) is 2.92. The van der Waals surface area contributed by atoms with Crippen molar-refractivity contribution in [3.63, 3.8) is 0 Å². The lowest BCUT2D eigenvalue weighted by Gasteiger charge is -2.20. The Bertz CT molecular complexity index is 1200. The van der Waals surface area contributed by atoms with Crippen molar-refractivity contribution in [1.82, 2.24) is 0 Å². The SMILES string of the molecule is CCC(C)(C)C(=O)OCCOc1ccc(C(=O)Oc2ccc(C(=O)Oc3ccc(OC)cc3)cc2)cc1. The standard InChI is InChI=1S/C29H30O8/c1-5-29(2,3)28(32)35-19-18-34-23-10-6-20(7-11-23)26(30)36-24-12-8-21(9-13-24)27(31)37-25-16-14-22(33-4)15-17-25/h6-17H,5,18-19H2,1-4H3. The van der Waals surface area contributed by atoms with Crippen molar-refractivity contribution in [2.24, 2.45) is 5.41 Å². The summed E-state index contributed by atoms with van der Waals surface area (Å²) in [6.45, 7) is 5.93. The van der Waals surface area contributed by atoms with Crippen LogP contribution in [0.15, 0.2) is 72.8 Å². The van der Waals surface area contributed by atoms with E-state index >= 15 is 0 Å². The largest absolute Gasteiger partial charge is 0.497 e. The van der Waals surface area contributed by atoms with E-state index in [0.29, 0.717) is 34.8 Å². The van der Waals surface area contributed by atoms with Crippen LogP contribution < -0.4 is 18.9 Å². The van der Waals surface area contributed by atoms with E-state index in [1.54, 1.807) is 55.6 Å². The summed E-state index contributed by atoms with van der Waals surface area (Å²) in [5.74, 6) is 0.486. The molecule has 8 heteroatoms. The molecule has 0 radical (unpaired) electrons. The lowest BCUT2D eigenvalue weighted by atomic mass is 9.91. The summed E-state index contributed by atoms with van der Waals surface area (Å²) in [4.78, 5) is 36.8. The van der Waals surface area contributed by atoms with E-state index in [1.807, 2.05) is 20.8 Å². The monoisotopic (exact) mass is 506 g/mol. The Labute approximate surface area is 216 Å². The highest BCUT2D eigenvalue weighted by atomic mass is 16.6. The highest BCUT2D eigenvalue weighted by Crippen LogP contribution is 2.22. The Morgan fingerprint density at radius 3 is 1.54 bits per heavy atom. The first-order valence-corrected chi connectivity index (χ1v) is 11.8. The molecule has 0 aliphatic heterocycles. The number of carbonyl (C=O) groups excluding carboxylic acids is 3. The van der Waals surface area contributed by atoms with Crippen LogP contribution in [0.2, 0.25) is 0 Å². The Hall–Kier alpha value is -4.33. The van der Waals surface area contributed by atoms with E-state index in [-0.39, 0.29) is 24.9 Å². The van der Waals surface area contributed by atoms with Crippen LogP contribution in [0.4, 0.5) is 0 Å². The van der Waals surface area contributed by atoms with Crippen LogP contribution in [0, 0.1) is 5.41 Å². The van der Waals surface area contributed by atoms with E-state index in [9.17, 15) is 14.4 Å². The van der Waals surface area contributed by atoms with Gasteiger partial charge in [0.25, 0.3) is 0 Å². The molecule has 0 unspecified atom stereocenters. The van der Waals surface area contributed by atoms with Gasteiger partial charge in [-0.1, -0.05) is 6.92 Å². The van der Waals surface area contributed by atoms with Gasteiger partial charge in [0.1, 0.15) is 36.2 Å². The Morgan fingerprint density at radius 2 is 1.08 bits per heavy atom. The summed E-state index contributed by atoms with van der Waals surface area (Å²) in [5.41, 5.74) is 0.107. The summed E-state index contributed by atoms with van der Waals surface area (Å²) in [6.07, 6.45) is 0.686. The van der Waals surface area contributed by atoms with Crippen molar-refractivity contribution in [2.75, 3.05) is 20.3 Å². The molecule has 0 atom stereocenters. The van der Waals surface area contributed by atoms with Crippen molar-refractivity contribution < 1.29 is 38.1 Å². The van der Waals surface area contributed by atoms with Crippen molar-refractivity contribution in [1.29, 1.82) is 0 Å². The molecule has 0 N–H and O–H groups in total. The third-order valence-corrected chi connectivity index (χ3v) is 5.68. The minimum absolute atomic E-state index is 0.135. The second kappa shape index (κ2) is 12.6. The molecule has 0 aromatic heterocycles. The minimum Gasteiger partial charge on any atom is -0.497 e. The first-order valence-electron chi connectivity index (χ1n) is 11.8. The summed E-state index contributed by atoms with van der Waals surface area (Å²) in [7, 11) is 1.55. The van der Waals surface area contributed by atoms with Crippen LogP contribution in [0.1, 0.15) is 47.9 Å². The minimum atomic E-state index is -0.559. The zero-order valence-electron chi connectivity index (χ0n) is 21.3. The molecule has 37 heavy (non-hydrogen) atoms. The summed E-state index contributed by atoms with van der Waals surface area (Å²) >= 11 is 0. The Morgan fingerprint density at radius 1 is 0.649 bits per heavy atom. The summed E-state index contributed by atoms with van der Waals surface area (Å²) in [6, 6.07) is 19.1. The van der Waals surface area contributed by atoms with Gasteiger partial charge in [-0.25, -0.2) is 9.59 Å². The summed E-state index contributed by atoms with van der Waals surface area (Å²) in [5, 5.41) is 0. The normalized spacial score (nSPS) is 10.8. The first-order chi connectivity index (χ1) is 17.7. The molecule has 0 spiro atoms. The maximum absolute atomic E-state index is 12.5. The van der Waals surface area contributed by atoms with Gasteiger partial charge in [-0.2, -0.15) is 0 Å². The van der Waals surface area contributed by atoms with Gasteiger partial charge < -0.3 is 23.7 Å². The van der Waals surface area contributed by atoms with Crippen molar-refractivity contribution >= 4 is 17.9 Å². The van der Waals surface area contributed by atoms with E-state index in [2.05, 4.69) is 0 Å². The predicted octanol–water partition coefficient (Wildman–Crippen LogP) is 5.49. The van der Waals surface area contributed by atoms with Crippen LogP contribution in [0.3, 0.4) is 0 Å². The fourth-order valence-corrected chi connectivity index (χ4v) is 2.96. The van der Waals surface area contributed by atoms with Gasteiger partial charge in [-0.05, 0) is 93.1 Å². The zero-order valence-corrected chi connectivity index (χ0v) is 21.3. The van der Waals surface area contributed by atoms with Crippen molar-refractivity contribution in [3.8, 4) is 23.0 Å². The Balaban J connectivity index is 1.47. The molecule has 8 nitrogen and oxygen atoms in total. The van der Waals surface area contributed by atoms with Crippen LogP contribution in [0.5, 0.6) is 23.0 Å². The molecule has 0 saturated heterocycles. The van der Waals surface area contributed by atoms with Gasteiger partial charge in [0.2, 0.25) is 0 Å². The van der Waals surface area contributed by atoms with Gasteiger partial charge >= 0.3 is 17.9 Å². The second-order valence-corrected chi connectivity index (χ2v) is 8.73. The van der Waals surface area contributed by atoms with E-state index in [0.717, 1.165) is 0 Å². The van der Waals surface area contributed by atoms with Gasteiger partial charge in [0, 0.05) is 0 Å². The molecule has 3 rings (SSSR count). The third kappa shape index (κ3) is 7.83.